The van der Waals surface area contributed by atoms with Crippen LogP contribution in [0.5, 0.6) is 0 Å². The van der Waals surface area contributed by atoms with Crippen molar-refractivity contribution in [3.63, 3.8) is 0 Å². The number of carbonyl (C=O) groups excluding carboxylic acids is 1. The van der Waals surface area contributed by atoms with E-state index in [0.717, 1.165) is 46.9 Å². The van der Waals surface area contributed by atoms with E-state index in [1.165, 1.54) is 0 Å². The van der Waals surface area contributed by atoms with Crippen LogP contribution in [0.3, 0.4) is 0 Å². The monoisotopic (exact) mass is 425 g/mol. The van der Waals surface area contributed by atoms with E-state index < -0.39 is 15.9 Å². The van der Waals surface area contributed by atoms with Gasteiger partial charge in [-0.15, -0.1) is 0 Å². The number of primary amides is 1. The maximum absolute atomic E-state index is 12.3. The molecule has 4 rings (SSSR count). The van der Waals surface area contributed by atoms with Gasteiger partial charge in [0.1, 0.15) is 0 Å². The molecule has 30 heavy (non-hydrogen) atoms. The SMILES string of the molecule is CCS(=O)(=O)N1CCCC(Cc2c[nH]c3c(C(N)=O)cc(-c4ccccc4)cc23)C1. The van der Waals surface area contributed by atoms with Gasteiger partial charge in [-0.25, -0.2) is 12.7 Å². The van der Waals surface area contributed by atoms with E-state index in [1.54, 1.807) is 11.2 Å². The zero-order valence-electron chi connectivity index (χ0n) is 17.1. The Balaban J connectivity index is 1.70. The smallest absolute Gasteiger partial charge is 0.250 e. The Morgan fingerprint density at radius 2 is 1.97 bits per heavy atom. The molecule has 1 atom stereocenters. The van der Waals surface area contributed by atoms with E-state index in [0.29, 0.717) is 18.7 Å². The number of rotatable bonds is 6. The van der Waals surface area contributed by atoms with Crippen LogP contribution in [0, 0.1) is 5.92 Å². The summed E-state index contributed by atoms with van der Waals surface area (Å²) in [6.07, 6.45) is 4.54. The number of sulfonamides is 1. The van der Waals surface area contributed by atoms with Gasteiger partial charge in [0.15, 0.2) is 0 Å². The largest absolute Gasteiger partial charge is 0.366 e. The fourth-order valence-corrected chi connectivity index (χ4v) is 5.60. The number of nitrogens with one attached hydrogen (secondary N) is 1. The Morgan fingerprint density at radius 3 is 2.67 bits per heavy atom. The average Bonchev–Trinajstić information content (AvgIpc) is 3.16. The molecule has 2 aromatic carbocycles. The third-order valence-corrected chi connectivity index (χ3v) is 7.84. The van der Waals surface area contributed by atoms with Crippen LogP contribution in [0.4, 0.5) is 0 Å². The average molecular weight is 426 g/mol. The molecule has 1 aliphatic heterocycles. The minimum atomic E-state index is -3.17. The van der Waals surface area contributed by atoms with Crippen molar-refractivity contribution in [1.82, 2.24) is 9.29 Å². The number of H-pyrrole nitrogens is 1. The van der Waals surface area contributed by atoms with Crippen LogP contribution >= 0.6 is 0 Å². The Labute approximate surface area is 177 Å². The number of aromatic amines is 1. The standard InChI is InChI=1S/C23H27N3O3S/c1-2-30(28,29)26-10-6-7-16(15-26)11-19-14-25-22-20(19)12-18(13-21(22)23(24)27)17-8-4-3-5-9-17/h3-5,8-9,12-14,16,25H,2,6-7,10-11,15H2,1H3,(H2,24,27). The molecule has 6 nitrogen and oxygen atoms in total. The van der Waals surface area contributed by atoms with Crippen molar-refractivity contribution in [3.05, 3.63) is 59.8 Å². The normalized spacial score (nSPS) is 18.0. The van der Waals surface area contributed by atoms with Crippen molar-refractivity contribution < 1.29 is 13.2 Å². The highest BCUT2D eigenvalue weighted by Crippen LogP contribution is 2.32. The predicted octanol–water partition coefficient (Wildman–Crippen LogP) is 3.54. The van der Waals surface area contributed by atoms with E-state index in [1.807, 2.05) is 42.6 Å². The summed E-state index contributed by atoms with van der Waals surface area (Å²) in [4.78, 5) is 15.3. The van der Waals surface area contributed by atoms with Gasteiger partial charge in [0.25, 0.3) is 5.91 Å². The number of hydrogen-bond donors (Lipinski definition) is 2. The first-order valence-electron chi connectivity index (χ1n) is 10.4. The van der Waals surface area contributed by atoms with E-state index in [-0.39, 0.29) is 11.7 Å². The highest BCUT2D eigenvalue weighted by atomic mass is 32.2. The quantitative estimate of drug-likeness (QED) is 0.632. The number of fused-ring (bicyclic) bond motifs is 1. The molecule has 0 bridgehead atoms. The summed E-state index contributed by atoms with van der Waals surface area (Å²) in [5.41, 5.74) is 9.93. The van der Waals surface area contributed by atoms with Crippen LogP contribution in [-0.2, 0) is 16.4 Å². The highest BCUT2D eigenvalue weighted by molar-refractivity contribution is 7.89. The number of nitrogens with two attached hydrogens (primary N) is 1. The Morgan fingerprint density at radius 1 is 1.20 bits per heavy atom. The summed E-state index contributed by atoms with van der Waals surface area (Å²) in [7, 11) is -3.17. The van der Waals surface area contributed by atoms with E-state index in [4.69, 9.17) is 5.73 Å². The molecule has 1 aromatic heterocycles. The lowest BCUT2D eigenvalue weighted by Gasteiger charge is -2.31. The second-order valence-electron chi connectivity index (χ2n) is 7.96. The highest BCUT2D eigenvalue weighted by Gasteiger charge is 2.28. The molecule has 1 amide bonds. The fraction of sp³-hybridized carbons (Fsp3) is 0.348. The van der Waals surface area contributed by atoms with Gasteiger partial charge in [-0.1, -0.05) is 30.3 Å². The molecule has 2 heterocycles. The van der Waals surface area contributed by atoms with Crippen LogP contribution in [-0.4, -0.2) is 42.5 Å². The van der Waals surface area contributed by atoms with Crippen molar-refractivity contribution in [2.24, 2.45) is 11.7 Å². The number of benzene rings is 2. The summed E-state index contributed by atoms with van der Waals surface area (Å²) in [6.45, 7) is 2.84. The molecule has 0 saturated carbocycles. The van der Waals surface area contributed by atoms with E-state index in [2.05, 4.69) is 11.1 Å². The van der Waals surface area contributed by atoms with Gasteiger partial charge < -0.3 is 10.7 Å². The molecule has 0 radical (unpaired) electrons. The maximum atomic E-state index is 12.3. The number of nitrogens with zero attached hydrogens (tertiary/aromatic N) is 1. The molecule has 158 valence electrons. The maximum Gasteiger partial charge on any atom is 0.250 e. The third kappa shape index (κ3) is 4.00. The Bertz CT molecular complexity index is 1170. The molecule has 1 unspecified atom stereocenters. The molecule has 3 N–H and O–H groups in total. The van der Waals surface area contributed by atoms with Crippen LogP contribution in [0.25, 0.3) is 22.0 Å². The molecule has 3 aromatic rings. The topological polar surface area (TPSA) is 96.3 Å². The van der Waals surface area contributed by atoms with Crippen molar-refractivity contribution in [1.29, 1.82) is 0 Å². The van der Waals surface area contributed by atoms with Crippen LogP contribution in [0.15, 0.2) is 48.7 Å². The molecule has 7 heteroatoms. The van der Waals surface area contributed by atoms with E-state index >= 15 is 0 Å². The zero-order chi connectivity index (χ0) is 21.3. The summed E-state index contributed by atoms with van der Waals surface area (Å²) in [5.74, 6) is -0.0876. The number of amides is 1. The minimum absolute atomic E-state index is 0.134. The first-order chi connectivity index (χ1) is 14.4. The Hall–Kier alpha value is -2.64. The summed E-state index contributed by atoms with van der Waals surface area (Å²) in [5, 5.41) is 0.973. The van der Waals surface area contributed by atoms with Gasteiger partial charge in [-0.05, 0) is 60.9 Å². The third-order valence-electron chi connectivity index (χ3n) is 6.00. The van der Waals surface area contributed by atoms with Gasteiger partial charge in [0.2, 0.25) is 10.0 Å². The van der Waals surface area contributed by atoms with Crippen molar-refractivity contribution >= 4 is 26.8 Å². The molecule has 0 spiro atoms. The summed E-state index contributed by atoms with van der Waals surface area (Å²) >= 11 is 0. The van der Waals surface area contributed by atoms with Gasteiger partial charge >= 0.3 is 0 Å². The van der Waals surface area contributed by atoms with Gasteiger partial charge in [0.05, 0.1) is 16.8 Å². The van der Waals surface area contributed by atoms with Crippen LogP contribution in [0.2, 0.25) is 0 Å². The molecule has 1 aliphatic rings. The Kier molecular flexibility index (Phi) is 5.66. The molecule has 0 aliphatic carbocycles. The predicted molar refractivity (Wildman–Crippen MR) is 120 cm³/mol. The van der Waals surface area contributed by atoms with Crippen molar-refractivity contribution in [2.75, 3.05) is 18.8 Å². The van der Waals surface area contributed by atoms with Gasteiger partial charge in [-0.2, -0.15) is 0 Å². The van der Waals surface area contributed by atoms with Crippen LogP contribution < -0.4 is 5.73 Å². The molecular formula is C23H27N3O3S. The van der Waals surface area contributed by atoms with Gasteiger partial charge in [-0.3, -0.25) is 4.79 Å². The lowest BCUT2D eigenvalue weighted by atomic mass is 9.91. The lowest BCUT2D eigenvalue weighted by Crippen LogP contribution is -2.41. The van der Waals surface area contributed by atoms with E-state index in [9.17, 15) is 13.2 Å². The lowest BCUT2D eigenvalue weighted by molar-refractivity contribution is 0.100. The second kappa shape index (κ2) is 8.24. The number of aromatic nitrogens is 1. The van der Waals surface area contributed by atoms with Gasteiger partial charge in [0, 0.05) is 24.7 Å². The van der Waals surface area contributed by atoms with Crippen molar-refractivity contribution in [3.8, 4) is 11.1 Å². The first-order valence-corrected chi connectivity index (χ1v) is 12.0. The molecular weight excluding hydrogens is 398 g/mol. The van der Waals surface area contributed by atoms with Crippen LogP contribution in [0.1, 0.15) is 35.7 Å². The van der Waals surface area contributed by atoms with Crippen molar-refractivity contribution in [2.45, 2.75) is 26.2 Å². The minimum Gasteiger partial charge on any atom is -0.366 e. The molecule has 1 saturated heterocycles. The molecule has 1 fully saturated rings. The second-order valence-corrected chi connectivity index (χ2v) is 10.2. The summed E-state index contributed by atoms with van der Waals surface area (Å²) in [6, 6.07) is 13.8. The first kappa shape index (κ1) is 20.6. The fourth-order valence-electron chi connectivity index (χ4n) is 4.39. The number of piperidine rings is 1. The summed E-state index contributed by atoms with van der Waals surface area (Å²) < 4.78 is 26.2. The number of carbonyl (C=O) groups is 1. The zero-order valence-corrected chi connectivity index (χ0v) is 17.9. The number of hydrogen-bond acceptors (Lipinski definition) is 3.